The first kappa shape index (κ1) is 16.5. The number of rotatable bonds is 4. The van der Waals surface area contributed by atoms with Crippen molar-refractivity contribution >= 4 is 0 Å². The van der Waals surface area contributed by atoms with E-state index in [4.69, 9.17) is 4.74 Å². The number of aryl methyl sites for hydroxylation is 3. The van der Waals surface area contributed by atoms with Crippen molar-refractivity contribution in [3.8, 4) is 0 Å². The highest BCUT2D eigenvalue weighted by molar-refractivity contribution is 5.38. The summed E-state index contributed by atoms with van der Waals surface area (Å²) < 4.78 is 5.46. The zero-order chi connectivity index (χ0) is 15.6. The van der Waals surface area contributed by atoms with Gasteiger partial charge in [-0.2, -0.15) is 0 Å². The van der Waals surface area contributed by atoms with Crippen molar-refractivity contribution in [3.63, 3.8) is 0 Å². The average molecular weight is 291 g/mol. The lowest BCUT2D eigenvalue weighted by Crippen LogP contribution is -2.54. The molecule has 1 aromatic rings. The average Bonchev–Trinajstić information content (AvgIpc) is 2.50. The van der Waals surface area contributed by atoms with Crippen LogP contribution >= 0.6 is 0 Å². The second-order valence-corrected chi connectivity index (χ2v) is 6.51. The van der Waals surface area contributed by atoms with Crippen LogP contribution in [0.25, 0.3) is 0 Å². The molecule has 118 valence electrons. The van der Waals surface area contributed by atoms with Gasteiger partial charge < -0.3 is 9.84 Å². The van der Waals surface area contributed by atoms with E-state index in [1.807, 2.05) is 0 Å². The predicted octanol–water partition coefficient (Wildman–Crippen LogP) is 3.15. The molecule has 0 spiro atoms. The molecule has 3 nitrogen and oxygen atoms in total. The van der Waals surface area contributed by atoms with Crippen LogP contribution in [0.15, 0.2) is 12.1 Å². The maximum Gasteiger partial charge on any atom is 0.0973 e. The Bertz CT molecular complexity index is 494. The molecule has 1 heterocycles. The lowest BCUT2D eigenvalue weighted by Gasteiger charge is -2.46. The molecule has 0 saturated carbocycles. The quantitative estimate of drug-likeness (QED) is 0.925. The van der Waals surface area contributed by atoms with Gasteiger partial charge in [-0.1, -0.05) is 19.1 Å². The summed E-state index contributed by atoms with van der Waals surface area (Å²) in [6.07, 6.45) is 0.445. The van der Waals surface area contributed by atoms with Crippen LogP contribution in [0.3, 0.4) is 0 Å². The van der Waals surface area contributed by atoms with Crippen LogP contribution in [-0.2, 0) is 4.74 Å². The molecule has 21 heavy (non-hydrogen) atoms. The van der Waals surface area contributed by atoms with Crippen LogP contribution in [0.2, 0.25) is 0 Å². The number of morpholine rings is 1. The summed E-state index contributed by atoms with van der Waals surface area (Å²) in [5, 5.41) is 11.1. The van der Waals surface area contributed by atoms with Crippen molar-refractivity contribution < 1.29 is 9.84 Å². The summed E-state index contributed by atoms with van der Waals surface area (Å²) >= 11 is 0. The molecule has 1 aliphatic rings. The Labute approximate surface area is 128 Å². The monoisotopic (exact) mass is 291 g/mol. The molecule has 2 unspecified atom stereocenters. The highest BCUT2D eigenvalue weighted by Gasteiger charge is 2.39. The number of hydrogen-bond acceptors (Lipinski definition) is 3. The maximum absolute atomic E-state index is 11.1. The molecule has 0 bridgehead atoms. The van der Waals surface area contributed by atoms with Gasteiger partial charge in [0.2, 0.25) is 0 Å². The number of nitrogens with zero attached hydrogens (tertiary/aromatic N) is 1. The number of hydrogen-bond donors (Lipinski definition) is 1. The second-order valence-electron chi connectivity index (χ2n) is 6.51. The molecule has 1 aliphatic heterocycles. The summed E-state index contributed by atoms with van der Waals surface area (Å²) in [5.74, 6) is 0. The zero-order valence-corrected chi connectivity index (χ0v) is 14.1. The van der Waals surface area contributed by atoms with Crippen LogP contribution in [0.5, 0.6) is 0 Å². The van der Waals surface area contributed by atoms with E-state index < -0.39 is 6.10 Å². The zero-order valence-electron chi connectivity index (χ0n) is 14.1. The van der Waals surface area contributed by atoms with Gasteiger partial charge in [-0.15, -0.1) is 0 Å². The minimum atomic E-state index is -0.472. The summed E-state index contributed by atoms with van der Waals surface area (Å²) in [7, 11) is 0. The summed E-state index contributed by atoms with van der Waals surface area (Å²) in [6.45, 7) is 14.0. The molecule has 1 aromatic carbocycles. The van der Waals surface area contributed by atoms with Crippen LogP contribution in [0.4, 0.5) is 0 Å². The Kier molecular flexibility index (Phi) is 5.07. The van der Waals surface area contributed by atoms with E-state index >= 15 is 0 Å². The second kappa shape index (κ2) is 6.47. The standard InChI is InChI=1S/C18H29NO2/c1-6-18(5,19-7-9-21-10-8-19)17(20)16-12-14(3)13(2)11-15(16)4/h11-12,17,20H,6-10H2,1-5H3. The minimum absolute atomic E-state index is 0.240. The molecular formula is C18H29NO2. The molecule has 0 aromatic heterocycles. The largest absolute Gasteiger partial charge is 0.386 e. The van der Waals surface area contributed by atoms with Crippen molar-refractivity contribution in [3.05, 3.63) is 34.4 Å². The van der Waals surface area contributed by atoms with Gasteiger partial charge in [-0.25, -0.2) is 0 Å². The smallest absolute Gasteiger partial charge is 0.0973 e. The van der Waals surface area contributed by atoms with E-state index in [9.17, 15) is 5.11 Å². The fraction of sp³-hybridized carbons (Fsp3) is 0.667. The van der Waals surface area contributed by atoms with Gasteiger partial charge in [0.1, 0.15) is 0 Å². The number of aliphatic hydroxyl groups excluding tert-OH is 1. The molecule has 0 radical (unpaired) electrons. The Morgan fingerprint density at radius 1 is 1.14 bits per heavy atom. The minimum Gasteiger partial charge on any atom is -0.386 e. The summed E-state index contributed by atoms with van der Waals surface area (Å²) in [4.78, 5) is 2.38. The fourth-order valence-electron chi connectivity index (χ4n) is 3.28. The van der Waals surface area contributed by atoms with Gasteiger partial charge in [0, 0.05) is 18.6 Å². The predicted molar refractivity (Wildman–Crippen MR) is 86.7 cm³/mol. The van der Waals surface area contributed by atoms with Crippen molar-refractivity contribution in [2.24, 2.45) is 0 Å². The molecule has 1 N–H and O–H groups in total. The van der Waals surface area contributed by atoms with E-state index in [0.717, 1.165) is 38.3 Å². The van der Waals surface area contributed by atoms with Crippen LogP contribution < -0.4 is 0 Å². The van der Waals surface area contributed by atoms with E-state index in [1.54, 1.807) is 0 Å². The van der Waals surface area contributed by atoms with Crippen molar-refractivity contribution in [1.82, 2.24) is 4.90 Å². The Hall–Kier alpha value is -0.900. The van der Waals surface area contributed by atoms with Gasteiger partial charge in [-0.3, -0.25) is 4.90 Å². The molecule has 0 amide bonds. The van der Waals surface area contributed by atoms with E-state index in [1.165, 1.54) is 16.7 Å². The van der Waals surface area contributed by atoms with Crippen molar-refractivity contribution in [1.29, 1.82) is 0 Å². The maximum atomic E-state index is 11.1. The fourth-order valence-corrected chi connectivity index (χ4v) is 3.28. The van der Waals surface area contributed by atoms with E-state index in [2.05, 4.69) is 51.7 Å². The molecule has 1 saturated heterocycles. The van der Waals surface area contributed by atoms with E-state index in [-0.39, 0.29) is 5.54 Å². The first-order valence-electron chi connectivity index (χ1n) is 7.98. The van der Waals surface area contributed by atoms with Gasteiger partial charge in [0.05, 0.1) is 19.3 Å². The summed E-state index contributed by atoms with van der Waals surface area (Å²) in [6, 6.07) is 4.34. The topological polar surface area (TPSA) is 32.7 Å². The van der Waals surface area contributed by atoms with Gasteiger partial charge in [0.15, 0.2) is 0 Å². The van der Waals surface area contributed by atoms with Crippen LogP contribution in [0.1, 0.15) is 48.6 Å². The SMILES string of the molecule is CCC(C)(C(O)c1cc(C)c(C)cc1C)N1CCOCC1. The van der Waals surface area contributed by atoms with Gasteiger partial charge in [0.25, 0.3) is 0 Å². The highest BCUT2D eigenvalue weighted by Crippen LogP contribution is 2.36. The number of benzene rings is 1. The molecule has 2 atom stereocenters. The highest BCUT2D eigenvalue weighted by atomic mass is 16.5. The third kappa shape index (κ3) is 3.15. The van der Waals surface area contributed by atoms with Gasteiger partial charge in [-0.05, 0) is 56.4 Å². The van der Waals surface area contributed by atoms with Crippen molar-refractivity contribution in [2.45, 2.75) is 52.7 Å². The molecule has 1 fully saturated rings. The molecule has 0 aliphatic carbocycles. The van der Waals surface area contributed by atoms with Gasteiger partial charge >= 0.3 is 0 Å². The molecule has 3 heteroatoms. The van der Waals surface area contributed by atoms with Crippen LogP contribution in [0, 0.1) is 20.8 Å². The first-order chi connectivity index (χ1) is 9.90. The third-order valence-corrected chi connectivity index (χ3v) is 5.22. The lowest BCUT2D eigenvalue weighted by molar-refractivity contribution is -0.0736. The molecule has 2 rings (SSSR count). The number of ether oxygens (including phenoxy) is 1. The number of aliphatic hydroxyl groups is 1. The lowest BCUT2D eigenvalue weighted by atomic mass is 9.82. The Morgan fingerprint density at radius 2 is 1.71 bits per heavy atom. The Morgan fingerprint density at radius 3 is 2.29 bits per heavy atom. The first-order valence-corrected chi connectivity index (χ1v) is 7.98. The third-order valence-electron chi connectivity index (χ3n) is 5.22. The van der Waals surface area contributed by atoms with E-state index in [0.29, 0.717) is 0 Å². The van der Waals surface area contributed by atoms with Crippen molar-refractivity contribution in [2.75, 3.05) is 26.3 Å². The normalized spacial score (nSPS) is 21.0. The van der Waals surface area contributed by atoms with Crippen LogP contribution in [-0.4, -0.2) is 41.8 Å². The molecular weight excluding hydrogens is 262 g/mol. The summed E-state index contributed by atoms with van der Waals surface area (Å²) in [5.41, 5.74) is 4.53. The Balaban J connectivity index is 2.35.